The van der Waals surface area contributed by atoms with Crippen LogP contribution in [-0.4, -0.2) is 32.8 Å². The maximum absolute atomic E-state index is 12.4. The van der Waals surface area contributed by atoms with Gasteiger partial charge in [0.2, 0.25) is 10.0 Å². The maximum Gasteiger partial charge on any atom is 0.240 e. The molecule has 2 N–H and O–H groups in total. The van der Waals surface area contributed by atoms with Crippen LogP contribution >= 0.6 is 15.9 Å². The lowest BCUT2D eigenvalue weighted by molar-refractivity contribution is 0.105. The summed E-state index contributed by atoms with van der Waals surface area (Å²) < 4.78 is 33.5. The molecule has 0 radical (unpaired) electrons. The Balaban J connectivity index is 2.09. The highest BCUT2D eigenvalue weighted by Crippen LogP contribution is 2.26. The highest BCUT2D eigenvalue weighted by atomic mass is 79.9. The SMILES string of the molecule is Cc1c(Br)cc(CO)cc1S(=O)(=O)NCCC1CCCO1. The Hall–Kier alpha value is -0.470. The lowest BCUT2D eigenvalue weighted by Crippen LogP contribution is -2.28. The highest BCUT2D eigenvalue weighted by Gasteiger charge is 2.21. The summed E-state index contributed by atoms with van der Waals surface area (Å²) in [5, 5.41) is 9.21. The lowest BCUT2D eigenvalue weighted by Gasteiger charge is -2.14. The average molecular weight is 378 g/mol. The highest BCUT2D eigenvalue weighted by molar-refractivity contribution is 9.10. The third-order valence-electron chi connectivity index (χ3n) is 3.61. The second-order valence-corrected chi connectivity index (χ2v) is 7.77. The second kappa shape index (κ2) is 7.19. The fourth-order valence-electron chi connectivity index (χ4n) is 2.38. The van der Waals surface area contributed by atoms with Crippen molar-refractivity contribution >= 4 is 26.0 Å². The Morgan fingerprint density at radius 1 is 1.48 bits per heavy atom. The Morgan fingerprint density at radius 3 is 2.86 bits per heavy atom. The molecule has 1 aliphatic heterocycles. The maximum atomic E-state index is 12.4. The summed E-state index contributed by atoms with van der Waals surface area (Å²) in [6.45, 7) is 2.66. The van der Waals surface area contributed by atoms with Crippen LogP contribution in [0.2, 0.25) is 0 Å². The van der Waals surface area contributed by atoms with E-state index < -0.39 is 10.0 Å². The Kier molecular flexibility index (Phi) is 5.79. The summed E-state index contributed by atoms with van der Waals surface area (Å²) in [5.41, 5.74) is 1.20. The first-order chi connectivity index (χ1) is 9.94. The first-order valence-electron chi connectivity index (χ1n) is 6.95. The van der Waals surface area contributed by atoms with E-state index in [1.54, 1.807) is 13.0 Å². The van der Waals surface area contributed by atoms with Gasteiger partial charge in [-0.3, -0.25) is 0 Å². The van der Waals surface area contributed by atoms with Crippen molar-refractivity contribution in [2.24, 2.45) is 0 Å². The molecule has 1 saturated heterocycles. The molecular formula is C14H20BrNO4S. The van der Waals surface area contributed by atoms with Crippen LogP contribution in [0, 0.1) is 6.92 Å². The number of hydrogen-bond acceptors (Lipinski definition) is 4. The molecular weight excluding hydrogens is 358 g/mol. The molecule has 1 heterocycles. The summed E-state index contributed by atoms with van der Waals surface area (Å²) in [7, 11) is -3.58. The second-order valence-electron chi connectivity index (χ2n) is 5.18. The summed E-state index contributed by atoms with van der Waals surface area (Å²) in [5.74, 6) is 0. The number of rotatable bonds is 6. The minimum absolute atomic E-state index is 0.157. The molecule has 2 rings (SSSR count). The third-order valence-corrected chi connectivity index (χ3v) is 6.02. The van der Waals surface area contributed by atoms with Crippen molar-refractivity contribution in [3.8, 4) is 0 Å². The van der Waals surface area contributed by atoms with E-state index in [4.69, 9.17) is 4.74 Å². The molecule has 1 aromatic rings. The summed E-state index contributed by atoms with van der Waals surface area (Å²) >= 11 is 3.33. The Bertz CT molecular complexity index is 597. The van der Waals surface area contributed by atoms with Gasteiger partial charge in [-0.05, 0) is 49.4 Å². The largest absolute Gasteiger partial charge is 0.392 e. The standard InChI is InChI=1S/C14H20BrNO4S/c1-10-13(15)7-11(9-17)8-14(10)21(18,19)16-5-4-12-3-2-6-20-12/h7-8,12,16-17H,2-6,9H2,1H3. The van der Waals surface area contributed by atoms with Crippen molar-refractivity contribution in [3.05, 3.63) is 27.7 Å². The fraction of sp³-hybridized carbons (Fsp3) is 0.571. The number of benzene rings is 1. The van der Waals surface area contributed by atoms with Gasteiger partial charge < -0.3 is 9.84 Å². The molecule has 7 heteroatoms. The monoisotopic (exact) mass is 377 g/mol. The number of sulfonamides is 1. The smallest absolute Gasteiger partial charge is 0.240 e. The van der Waals surface area contributed by atoms with Crippen LogP contribution in [0.3, 0.4) is 0 Å². The van der Waals surface area contributed by atoms with Gasteiger partial charge in [0.15, 0.2) is 0 Å². The van der Waals surface area contributed by atoms with Crippen LogP contribution in [0.25, 0.3) is 0 Å². The number of hydrogen-bond donors (Lipinski definition) is 2. The zero-order valence-corrected chi connectivity index (χ0v) is 14.3. The van der Waals surface area contributed by atoms with Crippen LogP contribution in [0.5, 0.6) is 0 Å². The number of aliphatic hydroxyl groups is 1. The lowest BCUT2D eigenvalue weighted by atomic mass is 10.2. The Labute approximate surface area is 133 Å². The minimum Gasteiger partial charge on any atom is -0.392 e. The summed E-state index contributed by atoms with van der Waals surface area (Å²) in [4.78, 5) is 0.202. The van der Waals surface area contributed by atoms with Crippen molar-refractivity contribution in [2.75, 3.05) is 13.2 Å². The molecule has 0 aliphatic carbocycles. The van der Waals surface area contributed by atoms with Crippen LogP contribution < -0.4 is 4.72 Å². The van der Waals surface area contributed by atoms with Gasteiger partial charge in [-0.2, -0.15) is 0 Å². The minimum atomic E-state index is -3.58. The molecule has 0 bridgehead atoms. The number of nitrogens with one attached hydrogen (secondary N) is 1. The quantitative estimate of drug-likeness (QED) is 0.795. The average Bonchev–Trinajstić information content (AvgIpc) is 2.94. The zero-order chi connectivity index (χ0) is 15.5. The van der Waals surface area contributed by atoms with E-state index in [1.807, 2.05) is 0 Å². The zero-order valence-electron chi connectivity index (χ0n) is 11.9. The van der Waals surface area contributed by atoms with E-state index in [2.05, 4.69) is 20.7 Å². The molecule has 1 atom stereocenters. The summed E-state index contributed by atoms with van der Waals surface area (Å²) in [6, 6.07) is 3.23. The van der Waals surface area contributed by atoms with Gasteiger partial charge >= 0.3 is 0 Å². The van der Waals surface area contributed by atoms with E-state index in [0.717, 1.165) is 19.4 Å². The van der Waals surface area contributed by atoms with E-state index >= 15 is 0 Å². The molecule has 0 spiro atoms. The normalized spacial score (nSPS) is 19.1. The molecule has 21 heavy (non-hydrogen) atoms. The number of halogens is 1. The first-order valence-corrected chi connectivity index (χ1v) is 9.23. The predicted molar refractivity (Wildman–Crippen MR) is 83.6 cm³/mol. The van der Waals surface area contributed by atoms with Crippen LogP contribution in [0.4, 0.5) is 0 Å². The van der Waals surface area contributed by atoms with Gasteiger partial charge in [0.25, 0.3) is 0 Å². The molecule has 1 unspecified atom stereocenters. The molecule has 5 nitrogen and oxygen atoms in total. The molecule has 118 valence electrons. The van der Waals surface area contributed by atoms with Crippen molar-refractivity contribution in [1.29, 1.82) is 0 Å². The molecule has 1 aliphatic rings. The van der Waals surface area contributed by atoms with Crippen LogP contribution in [0.1, 0.15) is 30.4 Å². The van der Waals surface area contributed by atoms with Gasteiger partial charge in [-0.25, -0.2) is 13.1 Å². The van der Waals surface area contributed by atoms with Gasteiger partial charge in [0.05, 0.1) is 17.6 Å². The Morgan fingerprint density at radius 2 is 2.24 bits per heavy atom. The van der Waals surface area contributed by atoms with Gasteiger partial charge in [0, 0.05) is 17.6 Å². The van der Waals surface area contributed by atoms with Gasteiger partial charge in [-0.15, -0.1) is 0 Å². The molecule has 0 amide bonds. The number of ether oxygens (including phenoxy) is 1. The van der Waals surface area contributed by atoms with E-state index in [1.165, 1.54) is 6.07 Å². The fourth-order valence-corrected chi connectivity index (χ4v) is 4.38. The molecule has 0 aromatic heterocycles. The topological polar surface area (TPSA) is 75.6 Å². The molecule has 1 aromatic carbocycles. The van der Waals surface area contributed by atoms with E-state index in [-0.39, 0.29) is 17.6 Å². The van der Waals surface area contributed by atoms with Gasteiger partial charge in [0.1, 0.15) is 0 Å². The number of aliphatic hydroxyl groups excluding tert-OH is 1. The van der Waals surface area contributed by atoms with Crippen molar-refractivity contribution in [1.82, 2.24) is 4.72 Å². The van der Waals surface area contributed by atoms with Crippen LogP contribution in [0.15, 0.2) is 21.5 Å². The van der Waals surface area contributed by atoms with E-state index in [0.29, 0.717) is 28.6 Å². The predicted octanol–water partition coefficient (Wildman–Crippen LogP) is 2.10. The van der Waals surface area contributed by atoms with E-state index in [9.17, 15) is 13.5 Å². The summed E-state index contributed by atoms with van der Waals surface area (Å²) in [6.07, 6.45) is 2.87. The van der Waals surface area contributed by atoms with Crippen molar-refractivity contribution < 1.29 is 18.3 Å². The van der Waals surface area contributed by atoms with Crippen molar-refractivity contribution in [3.63, 3.8) is 0 Å². The van der Waals surface area contributed by atoms with Crippen LogP contribution in [-0.2, 0) is 21.4 Å². The third kappa shape index (κ3) is 4.26. The van der Waals surface area contributed by atoms with Crippen molar-refractivity contribution in [2.45, 2.75) is 43.8 Å². The molecule has 0 saturated carbocycles. The first kappa shape index (κ1) is 16.9. The van der Waals surface area contributed by atoms with Gasteiger partial charge in [-0.1, -0.05) is 15.9 Å². The molecule has 1 fully saturated rings.